The Morgan fingerprint density at radius 1 is 1.00 bits per heavy atom. The van der Waals surface area contributed by atoms with E-state index in [9.17, 15) is 19.8 Å². The Morgan fingerprint density at radius 3 is 2.36 bits per heavy atom. The monoisotopic (exact) mass is 612 g/mol. The molecule has 2 aromatic carbocycles. The Labute approximate surface area is 265 Å². The second-order valence-electron chi connectivity index (χ2n) is 13.6. The molecule has 1 amide bonds. The standard InChI is InChI=1S/C37H44N2O4S/c1-23-5-3-4-6-29(23)32-18-24(8-10-31(32)35(41)39-33(36(42)43)12-14-44-2)7-9-28-22-38-13-11-30(28)34(40)37-19-25-15-26(20-37)17-27(16-25)21-37/h3-6,8,10-11,13,18,22,25-27,33-34,40H,7,9,12,14-17,19-21H2,1-2H3,(H,39,41)(H,42,43)/t25?,26?,27?,33-,34?,37?/m0/s1. The number of thioether (sulfide) groups is 1. The predicted molar refractivity (Wildman–Crippen MR) is 176 cm³/mol. The summed E-state index contributed by atoms with van der Waals surface area (Å²) < 4.78 is 0. The van der Waals surface area contributed by atoms with Crippen molar-refractivity contribution >= 4 is 23.6 Å². The lowest BCUT2D eigenvalue weighted by atomic mass is 9.47. The number of carbonyl (C=O) groups excluding carboxylic acids is 1. The Bertz CT molecular complexity index is 1490. The molecule has 1 heterocycles. The van der Waals surface area contributed by atoms with E-state index in [-0.39, 0.29) is 11.3 Å². The molecule has 4 fully saturated rings. The van der Waals surface area contributed by atoms with Crippen molar-refractivity contribution in [3.8, 4) is 11.1 Å². The SMILES string of the molecule is CSCC[C@H](NC(=O)c1ccc(CCc2cnccc2C(O)C23CC4CC(CC(C4)C2)C3)cc1-c1ccccc1C)C(=O)O. The molecule has 0 saturated heterocycles. The Morgan fingerprint density at radius 2 is 1.70 bits per heavy atom. The largest absolute Gasteiger partial charge is 0.480 e. The summed E-state index contributed by atoms with van der Waals surface area (Å²) in [6, 6.07) is 14.9. The first-order valence-electron chi connectivity index (χ1n) is 16.1. The van der Waals surface area contributed by atoms with Gasteiger partial charge < -0.3 is 15.5 Å². The zero-order valence-electron chi connectivity index (χ0n) is 25.8. The number of nitrogens with one attached hydrogen (secondary N) is 1. The van der Waals surface area contributed by atoms with Crippen LogP contribution in [0.4, 0.5) is 0 Å². The Kier molecular flexibility index (Phi) is 9.16. The highest BCUT2D eigenvalue weighted by molar-refractivity contribution is 7.98. The van der Waals surface area contributed by atoms with E-state index < -0.39 is 18.1 Å². The minimum absolute atomic E-state index is 0.00148. The molecule has 0 spiro atoms. The number of aromatic nitrogens is 1. The molecule has 7 rings (SSSR count). The minimum Gasteiger partial charge on any atom is -0.480 e. The average molecular weight is 613 g/mol. The number of hydrogen-bond acceptors (Lipinski definition) is 5. The van der Waals surface area contributed by atoms with Gasteiger partial charge >= 0.3 is 5.97 Å². The van der Waals surface area contributed by atoms with Crippen LogP contribution >= 0.6 is 11.8 Å². The van der Waals surface area contributed by atoms with Gasteiger partial charge in [-0.05, 0) is 140 Å². The van der Waals surface area contributed by atoms with Gasteiger partial charge in [0.25, 0.3) is 5.91 Å². The van der Waals surface area contributed by atoms with Crippen molar-refractivity contribution in [2.75, 3.05) is 12.0 Å². The van der Waals surface area contributed by atoms with Crippen molar-refractivity contribution < 1.29 is 19.8 Å². The third-order valence-corrected chi connectivity index (χ3v) is 11.2. The summed E-state index contributed by atoms with van der Waals surface area (Å²) in [4.78, 5) is 29.8. The molecule has 3 aromatic rings. The van der Waals surface area contributed by atoms with Crippen molar-refractivity contribution in [1.29, 1.82) is 0 Å². The first-order chi connectivity index (χ1) is 21.3. The fraction of sp³-hybridized carbons (Fsp3) is 0.486. The average Bonchev–Trinajstić information content (AvgIpc) is 3.01. The van der Waals surface area contributed by atoms with Crippen molar-refractivity contribution in [3.05, 3.63) is 88.7 Å². The molecule has 4 bridgehead atoms. The first kappa shape index (κ1) is 30.8. The number of aliphatic carboxylic acids is 1. The summed E-state index contributed by atoms with van der Waals surface area (Å²) >= 11 is 1.56. The van der Waals surface area contributed by atoms with Crippen molar-refractivity contribution in [2.45, 2.75) is 76.9 Å². The van der Waals surface area contributed by atoms with Gasteiger partial charge in [-0.3, -0.25) is 9.78 Å². The number of aryl methyl sites for hydroxylation is 3. The summed E-state index contributed by atoms with van der Waals surface area (Å²) in [7, 11) is 0. The normalized spacial score (nSPS) is 25.0. The van der Waals surface area contributed by atoms with Crippen LogP contribution in [0.15, 0.2) is 60.9 Å². The van der Waals surface area contributed by atoms with Gasteiger partial charge in [-0.2, -0.15) is 11.8 Å². The van der Waals surface area contributed by atoms with Crippen molar-refractivity contribution in [3.63, 3.8) is 0 Å². The number of aliphatic hydroxyl groups excluding tert-OH is 1. The van der Waals surface area contributed by atoms with E-state index in [4.69, 9.17) is 0 Å². The van der Waals surface area contributed by atoms with E-state index in [0.717, 1.165) is 83.2 Å². The highest BCUT2D eigenvalue weighted by atomic mass is 32.2. The molecule has 3 N–H and O–H groups in total. The van der Waals surface area contributed by atoms with Crippen LogP contribution in [0, 0.1) is 30.1 Å². The smallest absolute Gasteiger partial charge is 0.326 e. The lowest BCUT2D eigenvalue weighted by Gasteiger charge is -2.58. The van der Waals surface area contributed by atoms with Gasteiger partial charge in [0.1, 0.15) is 6.04 Å². The molecule has 0 aliphatic heterocycles. The Hall–Kier alpha value is -3.16. The third kappa shape index (κ3) is 6.32. The van der Waals surface area contributed by atoms with Crippen LogP contribution in [-0.2, 0) is 17.6 Å². The van der Waals surface area contributed by atoms with Crippen LogP contribution in [0.2, 0.25) is 0 Å². The number of carbonyl (C=O) groups is 2. The molecular formula is C37H44N2O4S. The van der Waals surface area contributed by atoms with E-state index in [2.05, 4.69) is 16.4 Å². The van der Waals surface area contributed by atoms with Crippen LogP contribution < -0.4 is 5.32 Å². The highest BCUT2D eigenvalue weighted by Crippen LogP contribution is 2.64. The van der Waals surface area contributed by atoms with Gasteiger partial charge in [0.05, 0.1) is 6.10 Å². The van der Waals surface area contributed by atoms with E-state index >= 15 is 0 Å². The molecule has 232 valence electrons. The number of pyridine rings is 1. The van der Waals surface area contributed by atoms with Gasteiger partial charge in [0.2, 0.25) is 0 Å². The molecule has 44 heavy (non-hydrogen) atoms. The maximum Gasteiger partial charge on any atom is 0.326 e. The number of amides is 1. The quantitative estimate of drug-likeness (QED) is 0.203. The van der Waals surface area contributed by atoms with Crippen LogP contribution in [0.3, 0.4) is 0 Å². The van der Waals surface area contributed by atoms with E-state index in [1.165, 1.54) is 19.3 Å². The molecular weight excluding hydrogens is 568 g/mol. The maximum atomic E-state index is 13.5. The van der Waals surface area contributed by atoms with E-state index in [1.807, 2.05) is 68.0 Å². The highest BCUT2D eigenvalue weighted by Gasteiger charge is 2.54. The zero-order valence-corrected chi connectivity index (χ0v) is 26.6. The first-order valence-corrected chi connectivity index (χ1v) is 17.5. The van der Waals surface area contributed by atoms with Gasteiger partial charge in [0.15, 0.2) is 0 Å². The number of aliphatic hydroxyl groups is 1. The van der Waals surface area contributed by atoms with Gasteiger partial charge in [0, 0.05) is 23.4 Å². The fourth-order valence-corrected chi connectivity index (χ4v) is 9.28. The number of hydrogen-bond donors (Lipinski definition) is 3. The molecule has 1 unspecified atom stereocenters. The van der Waals surface area contributed by atoms with Gasteiger partial charge in [-0.15, -0.1) is 0 Å². The zero-order chi connectivity index (χ0) is 30.8. The van der Waals surface area contributed by atoms with Crippen LogP contribution in [-0.4, -0.2) is 45.1 Å². The van der Waals surface area contributed by atoms with Crippen molar-refractivity contribution in [1.82, 2.24) is 10.3 Å². The number of nitrogens with zero attached hydrogens (tertiary/aromatic N) is 1. The van der Waals surface area contributed by atoms with Gasteiger partial charge in [-0.1, -0.05) is 36.4 Å². The summed E-state index contributed by atoms with van der Waals surface area (Å²) in [5.74, 6) is 1.56. The maximum absolute atomic E-state index is 13.5. The lowest BCUT2D eigenvalue weighted by molar-refractivity contribution is -0.139. The topological polar surface area (TPSA) is 99.5 Å². The lowest BCUT2D eigenvalue weighted by Crippen LogP contribution is -2.49. The molecule has 2 atom stereocenters. The summed E-state index contributed by atoms with van der Waals surface area (Å²) in [5.41, 5.74) is 6.47. The number of carboxylic acids is 1. The molecule has 0 radical (unpaired) electrons. The second kappa shape index (κ2) is 13.1. The Balaban J connectivity index is 1.25. The summed E-state index contributed by atoms with van der Waals surface area (Å²) in [5, 5.41) is 24.4. The second-order valence-corrected chi connectivity index (χ2v) is 14.6. The van der Waals surface area contributed by atoms with Crippen molar-refractivity contribution in [2.24, 2.45) is 23.2 Å². The van der Waals surface area contributed by atoms with Crippen LogP contribution in [0.25, 0.3) is 11.1 Å². The molecule has 6 nitrogen and oxygen atoms in total. The summed E-state index contributed by atoms with van der Waals surface area (Å²) in [6.45, 7) is 2.02. The fourth-order valence-electron chi connectivity index (χ4n) is 8.81. The number of rotatable bonds is 12. The molecule has 4 aliphatic carbocycles. The minimum atomic E-state index is -1.02. The number of carboxylic acid groups (broad SMARTS) is 1. The molecule has 7 heteroatoms. The molecule has 1 aromatic heterocycles. The molecule has 4 aliphatic rings. The molecule has 4 saturated carbocycles. The van der Waals surface area contributed by atoms with Gasteiger partial charge in [-0.25, -0.2) is 4.79 Å². The number of benzene rings is 2. The van der Waals surface area contributed by atoms with E-state index in [1.54, 1.807) is 11.8 Å². The van der Waals surface area contributed by atoms with E-state index in [0.29, 0.717) is 17.7 Å². The van der Waals surface area contributed by atoms with Crippen LogP contribution in [0.1, 0.15) is 83.7 Å². The third-order valence-electron chi connectivity index (χ3n) is 10.6. The predicted octanol–water partition coefficient (Wildman–Crippen LogP) is 7.03. The van der Waals surface area contributed by atoms with Crippen LogP contribution in [0.5, 0.6) is 0 Å². The summed E-state index contributed by atoms with van der Waals surface area (Å²) in [6.07, 6.45) is 14.5.